The Morgan fingerprint density at radius 3 is 2.31 bits per heavy atom. The van der Waals surface area contributed by atoms with Crippen LogP contribution in [0.25, 0.3) is 6.08 Å². The molecule has 0 heterocycles. The van der Waals surface area contributed by atoms with E-state index in [0.717, 1.165) is 11.1 Å². The molecule has 212 valence electrons. The van der Waals surface area contributed by atoms with Crippen LogP contribution in [0.2, 0.25) is 5.02 Å². The molecule has 2 unspecified atom stereocenters. The molecule has 0 radical (unpaired) electrons. The van der Waals surface area contributed by atoms with Crippen molar-refractivity contribution in [1.82, 2.24) is 10.2 Å². The number of ether oxygens (including phenoxy) is 1. The van der Waals surface area contributed by atoms with Gasteiger partial charge in [0.15, 0.2) is 0 Å². The lowest BCUT2D eigenvalue weighted by atomic mass is 9.91. The van der Waals surface area contributed by atoms with Crippen LogP contribution in [0.15, 0.2) is 49.0 Å². The van der Waals surface area contributed by atoms with Crippen molar-refractivity contribution in [1.29, 1.82) is 0 Å². The average Bonchev–Trinajstić information content (AvgIpc) is 2.86. The Bertz CT molecular complexity index is 1190. The van der Waals surface area contributed by atoms with Crippen molar-refractivity contribution < 1.29 is 19.1 Å². The van der Waals surface area contributed by atoms with Gasteiger partial charge in [-0.1, -0.05) is 61.5 Å². The van der Waals surface area contributed by atoms with Gasteiger partial charge in [0.2, 0.25) is 5.91 Å². The molecule has 2 aromatic carbocycles. The highest BCUT2D eigenvalue weighted by Gasteiger charge is 2.43. The first-order chi connectivity index (χ1) is 18.1. The van der Waals surface area contributed by atoms with Crippen LogP contribution >= 0.6 is 24.2 Å². The number of aryl methyl sites for hydroxylation is 1. The molecule has 0 fully saturated rings. The van der Waals surface area contributed by atoms with E-state index in [-0.39, 0.29) is 5.75 Å². The smallest absolute Gasteiger partial charge is 0.408 e. The maximum Gasteiger partial charge on any atom is 0.408 e. The van der Waals surface area contributed by atoms with Crippen molar-refractivity contribution in [2.45, 2.75) is 78.1 Å². The van der Waals surface area contributed by atoms with Crippen LogP contribution in [0.3, 0.4) is 0 Å². The SMILES string of the molecule is C=Cc1cccc(C(C(=O)Nc2c(C)cccc2Cl)N(C(=O)C(CS)NC(=O)OC(C)(C)C)C(C)(C)CC)c1. The number of nitrogens with one attached hydrogen (secondary N) is 2. The number of para-hydroxylation sites is 1. The number of halogens is 1. The molecule has 0 aromatic heterocycles. The second-order valence-electron chi connectivity index (χ2n) is 11.0. The summed E-state index contributed by atoms with van der Waals surface area (Å²) >= 11 is 10.8. The number of amides is 3. The molecule has 2 aromatic rings. The van der Waals surface area contributed by atoms with Crippen LogP contribution in [-0.2, 0) is 14.3 Å². The summed E-state index contributed by atoms with van der Waals surface area (Å²) in [5.41, 5.74) is 1.07. The number of hydrogen-bond donors (Lipinski definition) is 3. The predicted octanol–water partition coefficient (Wildman–Crippen LogP) is 6.81. The van der Waals surface area contributed by atoms with E-state index in [1.54, 1.807) is 45.0 Å². The Labute approximate surface area is 242 Å². The summed E-state index contributed by atoms with van der Waals surface area (Å²) < 4.78 is 5.38. The Hall–Kier alpha value is -2.97. The first kappa shape index (κ1) is 32.2. The fourth-order valence-electron chi connectivity index (χ4n) is 4.00. The number of nitrogens with zero attached hydrogens (tertiary/aromatic N) is 1. The molecule has 7 nitrogen and oxygen atoms in total. The number of hydrogen-bond acceptors (Lipinski definition) is 5. The number of carbonyl (C=O) groups is 3. The third-order valence-electron chi connectivity index (χ3n) is 6.37. The molecule has 2 rings (SSSR count). The third-order valence-corrected chi connectivity index (χ3v) is 7.05. The monoisotopic (exact) mass is 573 g/mol. The minimum absolute atomic E-state index is 0.000964. The second-order valence-corrected chi connectivity index (χ2v) is 11.7. The van der Waals surface area contributed by atoms with Gasteiger partial charge in [-0.25, -0.2) is 4.79 Å². The number of alkyl carbamates (subject to hydrolysis) is 1. The summed E-state index contributed by atoms with van der Waals surface area (Å²) in [5.74, 6) is -0.917. The first-order valence-electron chi connectivity index (χ1n) is 12.9. The summed E-state index contributed by atoms with van der Waals surface area (Å²) in [6.45, 7) is 16.6. The van der Waals surface area contributed by atoms with E-state index in [9.17, 15) is 14.4 Å². The van der Waals surface area contributed by atoms with Crippen LogP contribution < -0.4 is 10.6 Å². The molecule has 0 spiro atoms. The number of anilines is 1. The normalized spacial score (nSPS) is 13.2. The zero-order chi connectivity index (χ0) is 29.5. The standard InChI is InChI=1S/C30H40ClN3O4S/c1-9-20-14-12-15-21(17-20)25(26(35)33-24-19(3)13-11-16-22(24)31)34(30(7,8)10-2)27(36)23(18-39)32-28(37)38-29(4,5)6/h9,11-17,23,25,39H,1,10,18H2,2-8H3,(H,32,37)(H,33,35). The minimum atomic E-state index is -1.06. The quantitative estimate of drug-likeness (QED) is 0.272. The molecular formula is C30H40ClN3O4S. The van der Waals surface area contributed by atoms with E-state index < -0.39 is 41.1 Å². The Kier molecular flexibility index (Phi) is 11.1. The molecule has 0 bridgehead atoms. The molecule has 9 heteroatoms. The van der Waals surface area contributed by atoms with Crippen molar-refractivity contribution >= 4 is 53.9 Å². The molecule has 2 atom stereocenters. The van der Waals surface area contributed by atoms with Gasteiger partial charge in [0, 0.05) is 11.3 Å². The van der Waals surface area contributed by atoms with E-state index in [4.69, 9.17) is 16.3 Å². The Morgan fingerprint density at radius 2 is 1.77 bits per heavy atom. The van der Waals surface area contributed by atoms with Crippen molar-refractivity contribution in [2.24, 2.45) is 0 Å². The largest absolute Gasteiger partial charge is 0.444 e. The van der Waals surface area contributed by atoms with Gasteiger partial charge < -0.3 is 20.3 Å². The third kappa shape index (κ3) is 8.51. The second kappa shape index (κ2) is 13.4. The van der Waals surface area contributed by atoms with Crippen LogP contribution in [0.1, 0.15) is 70.7 Å². The molecule has 0 aliphatic rings. The molecule has 39 heavy (non-hydrogen) atoms. The van der Waals surface area contributed by atoms with Crippen molar-refractivity contribution in [3.63, 3.8) is 0 Å². The average molecular weight is 574 g/mol. The summed E-state index contributed by atoms with van der Waals surface area (Å²) in [7, 11) is 0. The number of carbonyl (C=O) groups excluding carboxylic acids is 3. The van der Waals surface area contributed by atoms with Crippen LogP contribution in [0.4, 0.5) is 10.5 Å². The van der Waals surface area contributed by atoms with Gasteiger partial charge in [-0.2, -0.15) is 12.6 Å². The molecular weight excluding hydrogens is 534 g/mol. The lowest BCUT2D eigenvalue weighted by Crippen LogP contribution is -2.59. The van der Waals surface area contributed by atoms with Gasteiger partial charge in [-0.05, 0) is 76.8 Å². The van der Waals surface area contributed by atoms with Crippen molar-refractivity contribution in [3.05, 3.63) is 70.8 Å². The Balaban J connectivity index is 2.66. The molecule has 0 saturated heterocycles. The van der Waals surface area contributed by atoms with E-state index in [1.807, 2.05) is 52.0 Å². The number of benzene rings is 2. The van der Waals surface area contributed by atoms with Gasteiger partial charge in [0.25, 0.3) is 5.91 Å². The van der Waals surface area contributed by atoms with Crippen LogP contribution in [0.5, 0.6) is 0 Å². The maximum atomic E-state index is 14.2. The zero-order valence-electron chi connectivity index (χ0n) is 23.8. The number of thiol groups is 1. The predicted molar refractivity (Wildman–Crippen MR) is 162 cm³/mol. The topological polar surface area (TPSA) is 87.7 Å². The van der Waals surface area contributed by atoms with Gasteiger partial charge in [-0.3, -0.25) is 9.59 Å². The van der Waals surface area contributed by atoms with Gasteiger partial charge in [0.05, 0.1) is 10.7 Å². The summed E-state index contributed by atoms with van der Waals surface area (Å²) in [6.07, 6.45) is 1.46. The van der Waals surface area contributed by atoms with Gasteiger partial charge >= 0.3 is 6.09 Å². The number of rotatable bonds is 10. The van der Waals surface area contributed by atoms with Crippen LogP contribution in [0, 0.1) is 6.92 Å². The molecule has 0 aliphatic carbocycles. The lowest BCUT2D eigenvalue weighted by Gasteiger charge is -2.44. The molecule has 0 aliphatic heterocycles. The van der Waals surface area contributed by atoms with Crippen molar-refractivity contribution in [3.8, 4) is 0 Å². The molecule has 0 saturated carbocycles. The minimum Gasteiger partial charge on any atom is -0.444 e. The fourth-order valence-corrected chi connectivity index (χ4v) is 4.52. The molecule has 2 N–H and O–H groups in total. The van der Waals surface area contributed by atoms with E-state index in [1.165, 1.54) is 4.90 Å². The summed E-state index contributed by atoms with van der Waals surface area (Å²) in [6, 6.07) is 10.5. The molecule has 3 amide bonds. The zero-order valence-corrected chi connectivity index (χ0v) is 25.5. The van der Waals surface area contributed by atoms with Gasteiger partial charge in [0.1, 0.15) is 17.7 Å². The van der Waals surface area contributed by atoms with E-state index in [2.05, 4.69) is 29.8 Å². The highest BCUT2D eigenvalue weighted by Crippen LogP contribution is 2.35. The highest BCUT2D eigenvalue weighted by molar-refractivity contribution is 7.80. The highest BCUT2D eigenvalue weighted by atomic mass is 35.5. The van der Waals surface area contributed by atoms with Gasteiger partial charge in [-0.15, -0.1) is 0 Å². The lowest BCUT2D eigenvalue weighted by molar-refractivity contribution is -0.147. The fraction of sp³-hybridized carbons (Fsp3) is 0.433. The first-order valence-corrected chi connectivity index (χ1v) is 13.9. The summed E-state index contributed by atoms with van der Waals surface area (Å²) in [5, 5.41) is 5.97. The Morgan fingerprint density at radius 1 is 1.13 bits per heavy atom. The maximum absolute atomic E-state index is 14.2. The van der Waals surface area contributed by atoms with E-state index in [0.29, 0.717) is 22.7 Å². The summed E-state index contributed by atoms with van der Waals surface area (Å²) in [4.78, 5) is 42.5. The van der Waals surface area contributed by atoms with Crippen molar-refractivity contribution in [2.75, 3.05) is 11.1 Å². The van der Waals surface area contributed by atoms with E-state index >= 15 is 0 Å². The van der Waals surface area contributed by atoms with Crippen LogP contribution in [-0.4, -0.2) is 45.7 Å².